The van der Waals surface area contributed by atoms with E-state index in [1.165, 1.54) is 11.8 Å². The lowest BCUT2D eigenvalue weighted by Gasteiger charge is -2.11. The summed E-state index contributed by atoms with van der Waals surface area (Å²) in [6, 6.07) is 18.4. The lowest BCUT2D eigenvalue weighted by atomic mass is 10.3. The van der Waals surface area contributed by atoms with E-state index in [0.29, 0.717) is 41.9 Å². The first-order chi connectivity index (χ1) is 17.7. The van der Waals surface area contributed by atoms with Crippen LogP contribution in [0, 0.1) is 0 Å². The highest BCUT2D eigenvalue weighted by molar-refractivity contribution is 7.99. The molecule has 2 aromatic carbocycles. The van der Waals surface area contributed by atoms with Crippen molar-refractivity contribution in [1.82, 2.24) is 4.98 Å². The molecule has 0 bridgehead atoms. The molecule has 0 atom stereocenters. The third kappa shape index (κ3) is 9.34. The van der Waals surface area contributed by atoms with Crippen molar-refractivity contribution in [3.63, 3.8) is 0 Å². The molecular formula is C28H33NO6S. The number of ether oxygens (including phenoxy) is 5. The fourth-order valence-corrected chi connectivity index (χ4v) is 3.84. The Bertz CT molecular complexity index is 1040. The second kappa shape index (κ2) is 15.6. The molecule has 0 aliphatic rings. The molecule has 0 spiro atoms. The number of pyridine rings is 1. The van der Waals surface area contributed by atoms with Gasteiger partial charge in [0, 0.05) is 11.9 Å². The Morgan fingerprint density at radius 2 is 1.19 bits per heavy atom. The topological polar surface area (TPSA) is 76.1 Å². The van der Waals surface area contributed by atoms with Crippen LogP contribution in [0.1, 0.15) is 37.0 Å². The summed E-state index contributed by atoms with van der Waals surface area (Å²) in [5.41, 5.74) is 0.428. The first-order valence-corrected chi connectivity index (χ1v) is 13.1. The maximum atomic E-state index is 12.6. The molecule has 0 saturated heterocycles. The van der Waals surface area contributed by atoms with Crippen molar-refractivity contribution >= 4 is 17.7 Å². The number of rotatable bonds is 16. The van der Waals surface area contributed by atoms with Crippen molar-refractivity contribution in [3.05, 3.63) is 72.4 Å². The van der Waals surface area contributed by atoms with E-state index in [1.54, 1.807) is 18.3 Å². The van der Waals surface area contributed by atoms with Gasteiger partial charge in [0.15, 0.2) is 0 Å². The number of aromatic nitrogens is 1. The van der Waals surface area contributed by atoms with Crippen LogP contribution in [0.25, 0.3) is 0 Å². The molecule has 0 aliphatic heterocycles. The van der Waals surface area contributed by atoms with Crippen LogP contribution in [-0.2, 0) is 4.74 Å². The molecule has 8 heteroatoms. The average Bonchev–Trinajstić information content (AvgIpc) is 2.92. The predicted octanol–water partition coefficient (Wildman–Crippen LogP) is 6.07. The minimum atomic E-state index is -0.430. The van der Waals surface area contributed by atoms with Crippen LogP contribution in [0.2, 0.25) is 0 Å². The Hall–Kier alpha value is -3.39. The summed E-state index contributed by atoms with van der Waals surface area (Å²) in [4.78, 5) is 16.9. The van der Waals surface area contributed by atoms with Gasteiger partial charge >= 0.3 is 5.97 Å². The van der Waals surface area contributed by atoms with E-state index in [0.717, 1.165) is 30.1 Å². The normalized spacial score (nSPS) is 10.5. The summed E-state index contributed by atoms with van der Waals surface area (Å²) in [5.74, 6) is 3.29. The van der Waals surface area contributed by atoms with Crippen LogP contribution in [0.15, 0.2) is 71.9 Å². The van der Waals surface area contributed by atoms with Crippen LogP contribution in [0.3, 0.4) is 0 Å². The highest BCUT2D eigenvalue weighted by Crippen LogP contribution is 2.22. The average molecular weight is 512 g/mol. The molecular weight excluding hydrogens is 478 g/mol. The minimum Gasteiger partial charge on any atom is -0.494 e. The SMILES string of the molecule is CCCOc1ccc(OCCOC(=O)c2cccnc2SCCOc2ccc(OCCC)cc2)cc1. The first kappa shape index (κ1) is 27.2. The Balaban J connectivity index is 1.38. The van der Waals surface area contributed by atoms with Gasteiger partial charge in [0.05, 0.1) is 25.4 Å². The van der Waals surface area contributed by atoms with Gasteiger partial charge in [-0.3, -0.25) is 0 Å². The van der Waals surface area contributed by atoms with Crippen LogP contribution in [-0.4, -0.2) is 49.7 Å². The lowest BCUT2D eigenvalue weighted by molar-refractivity contribution is 0.0445. The van der Waals surface area contributed by atoms with Gasteiger partial charge < -0.3 is 23.7 Å². The molecule has 7 nitrogen and oxygen atoms in total. The third-order valence-corrected chi connectivity index (χ3v) is 5.73. The van der Waals surface area contributed by atoms with Gasteiger partial charge in [0.25, 0.3) is 0 Å². The second-order valence-electron chi connectivity index (χ2n) is 7.68. The molecule has 0 amide bonds. The zero-order valence-corrected chi connectivity index (χ0v) is 21.6. The van der Waals surface area contributed by atoms with Crippen molar-refractivity contribution in [1.29, 1.82) is 0 Å². The fraction of sp³-hybridized carbons (Fsp3) is 0.357. The molecule has 0 aliphatic carbocycles. The Morgan fingerprint density at radius 1 is 0.694 bits per heavy atom. The van der Waals surface area contributed by atoms with Crippen molar-refractivity contribution < 1.29 is 28.5 Å². The number of nitrogens with zero attached hydrogens (tertiary/aromatic N) is 1. The van der Waals surface area contributed by atoms with Gasteiger partial charge in [-0.05, 0) is 73.5 Å². The Kier molecular flexibility index (Phi) is 11.8. The zero-order chi connectivity index (χ0) is 25.4. The summed E-state index contributed by atoms with van der Waals surface area (Å²) in [7, 11) is 0. The number of hydrogen-bond donors (Lipinski definition) is 0. The molecule has 1 heterocycles. The van der Waals surface area contributed by atoms with Gasteiger partial charge in [-0.15, -0.1) is 11.8 Å². The van der Waals surface area contributed by atoms with Crippen molar-refractivity contribution in [3.8, 4) is 23.0 Å². The summed E-state index contributed by atoms with van der Waals surface area (Å²) in [5, 5.41) is 0.609. The molecule has 0 fully saturated rings. The third-order valence-electron chi connectivity index (χ3n) is 4.76. The van der Waals surface area contributed by atoms with E-state index in [-0.39, 0.29) is 13.2 Å². The molecule has 0 saturated carbocycles. The molecule has 1 aromatic heterocycles. The maximum Gasteiger partial charge on any atom is 0.341 e. The number of thioether (sulfide) groups is 1. The first-order valence-electron chi connectivity index (χ1n) is 12.2. The van der Waals surface area contributed by atoms with E-state index >= 15 is 0 Å². The summed E-state index contributed by atoms with van der Waals surface area (Å²) < 4.78 is 28.0. The number of esters is 1. The second-order valence-corrected chi connectivity index (χ2v) is 8.76. The van der Waals surface area contributed by atoms with E-state index in [2.05, 4.69) is 18.8 Å². The summed E-state index contributed by atoms with van der Waals surface area (Å²) in [6.45, 7) is 6.36. The van der Waals surface area contributed by atoms with Gasteiger partial charge in [-0.1, -0.05) is 13.8 Å². The lowest BCUT2D eigenvalue weighted by Crippen LogP contribution is -2.13. The molecule has 36 heavy (non-hydrogen) atoms. The summed E-state index contributed by atoms with van der Waals surface area (Å²) >= 11 is 1.45. The highest BCUT2D eigenvalue weighted by Gasteiger charge is 2.14. The highest BCUT2D eigenvalue weighted by atomic mass is 32.2. The smallest absolute Gasteiger partial charge is 0.341 e. The largest absolute Gasteiger partial charge is 0.494 e. The molecule has 0 N–H and O–H groups in total. The number of benzene rings is 2. The molecule has 3 rings (SSSR count). The molecule has 192 valence electrons. The van der Waals surface area contributed by atoms with Crippen LogP contribution in [0.4, 0.5) is 0 Å². The standard InChI is InChI=1S/C28H33NO6S/c1-3-16-31-22-7-11-24(12-8-22)33-18-19-35-28(30)26-6-5-15-29-27(26)36-21-20-34-25-13-9-23(10-14-25)32-17-4-2/h5-15H,3-4,16-21H2,1-2H3. The molecule has 0 radical (unpaired) electrons. The van der Waals surface area contributed by atoms with E-state index < -0.39 is 5.97 Å². The molecule has 0 unspecified atom stereocenters. The van der Waals surface area contributed by atoms with Crippen LogP contribution in [0.5, 0.6) is 23.0 Å². The van der Waals surface area contributed by atoms with Crippen molar-refractivity contribution in [2.75, 3.05) is 38.8 Å². The number of carbonyl (C=O) groups is 1. The summed E-state index contributed by atoms with van der Waals surface area (Å²) in [6.07, 6.45) is 3.58. The van der Waals surface area contributed by atoms with Gasteiger partial charge in [-0.25, -0.2) is 9.78 Å². The Morgan fingerprint density at radius 3 is 1.72 bits per heavy atom. The zero-order valence-electron chi connectivity index (χ0n) is 20.8. The van der Waals surface area contributed by atoms with E-state index in [4.69, 9.17) is 23.7 Å². The van der Waals surface area contributed by atoms with Gasteiger partial charge in [-0.2, -0.15) is 0 Å². The van der Waals surface area contributed by atoms with E-state index in [9.17, 15) is 4.79 Å². The van der Waals surface area contributed by atoms with Gasteiger partial charge in [0.1, 0.15) is 41.2 Å². The fourth-order valence-electron chi connectivity index (χ4n) is 3.03. The van der Waals surface area contributed by atoms with Crippen LogP contribution >= 0.6 is 11.8 Å². The molecule has 3 aromatic rings. The quantitative estimate of drug-likeness (QED) is 0.130. The minimum absolute atomic E-state index is 0.132. The number of hydrogen-bond acceptors (Lipinski definition) is 8. The van der Waals surface area contributed by atoms with Crippen LogP contribution < -0.4 is 18.9 Å². The monoisotopic (exact) mass is 511 g/mol. The van der Waals surface area contributed by atoms with Crippen molar-refractivity contribution in [2.24, 2.45) is 0 Å². The predicted molar refractivity (Wildman–Crippen MR) is 141 cm³/mol. The maximum absolute atomic E-state index is 12.6. The van der Waals surface area contributed by atoms with Crippen molar-refractivity contribution in [2.45, 2.75) is 31.7 Å². The number of carbonyl (C=O) groups excluding carboxylic acids is 1. The van der Waals surface area contributed by atoms with E-state index in [1.807, 2.05) is 48.5 Å². The Labute approximate surface area is 217 Å². The van der Waals surface area contributed by atoms with Gasteiger partial charge in [0.2, 0.25) is 0 Å².